The highest BCUT2D eigenvalue weighted by Crippen LogP contribution is 2.07. The zero-order chi connectivity index (χ0) is 11.1. The van der Waals surface area contributed by atoms with E-state index in [1.807, 2.05) is 6.92 Å². The van der Waals surface area contributed by atoms with E-state index in [2.05, 4.69) is 34.8 Å². The van der Waals surface area contributed by atoms with Crippen LogP contribution in [0.5, 0.6) is 0 Å². The molecule has 0 bridgehead atoms. The molecule has 1 unspecified atom stereocenters. The molecule has 1 aromatic heterocycles. The quantitative estimate of drug-likeness (QED) is 0.699. The van der Waals surface area contributed by atoms with E-state index >= 15 is 0 Å². The van der Waals surface area contributed by atoms with Gasteiger partial charge in [0.15, 0.2) is 0 Å². The number of thiazole rings is 1. The first kappa shape index (κ1) is 12.6. The highest BCUT2D eigenvalue weighted by molar-refractivity contribution is 7.09. The third-order valence-electron chi connectivity index (χ3n) is 2.18. The highest BCUT2D eigenvalue weighted by atomic mass is 32.1. The van der Waals surface area contributed by atoms with Crippen LogP contribution in [-0.2, 0) is 6.54 Å². The third-order valence-corrected chi connectivity index (χ3v) is 3.00. The molecule has 15 heavy (non-hydrogen) atoms. The number of rotatable bonds is 7. The summed E-state index contributed by atoms with van der Waals surface area (Å²) >= 11 is 1.71. The molecule has 4 heteroatoms. The Morgan fingerprint density at radius 1 is 1.53 bits per heavy atom. The Hall–Kier alpha value is -0.450. The molecule has 0 amide bonds. The minimum atomic E-state index is 0.499. The highest BCUT2D eigenvalue weighted by Gasteiger charge is 2.02. The Labute approximate surface area is 96.3 Å². The monoisotopic (exact) mass is 227 g/mol. The average Bonchev–Trinajstić information content (AvgIpc) is 2.62. The van der Waals surface area contributed by atoms with E-state index in [4.69, 9.17) is 0 Å². The SMILES string of the molecule is CCCNCC(C)NCc1csc(C)n1. The van der Waals surface area contributed by atoms with Crippen molar-refractivity contribution in [2.45, 2.75) is 39.8 Å². The van der Waals surface area contributed by atoms with Gasteiger partial charge in [-0.3, -0.25) is 0 Å². The van der Waals surface area contributed by atoms with Crippen LogP contribution >= 0.6 is 11.3 Å². The van der Waals surface area contributed by atoms with Crippen molar-refractivity contribution in [3.63, 3.8) is 0 Å². The summed E-state index contributed by atoms with van der Waals surface area (Å²) in [7, 11) is 0. The van der Waals surface area contributed by atoms with Gasteiger partial charge in [-0.15, -0.1) is 11.3 Å². The van der Waals surface area contributed by atoms with E-state index < -0.39 is 0 Å². The molecule has 1 rings (SSSR count). The summed E-state index contributed by atoms with van der Waals surface area (Å²) in [6.45, 7) is 9.42. The molecule has 0 saturated carbocycles. The van der Waals surface area contributed by atoms with E-state index in [-0.39, 0.29) is 0 Å². The van der Waals surface area contributed by atoms with Crippen molar-refractivity contribution in [2.24, 2.45) is 0 Å². The number of aromatic nitrogens is 1. The minimum absolute atomic E-state index is 0.499. The Balaban J connectivity index is 2.13. The molecule has 1 aromatic rings. The van der Waals surface area contributed by atoms with Crippen LogP contribution in [-0.4, -0.2) is 24.1 Å². The molecule has 1 heterocycles. The van der Waals surface area contributed by atoms with Gasteiger partial charge >= 0.3 is 0 Å². The minimum Gasteiger partial charge on any atom is -0.315 e. The largest absolute Gasteiger partial charge is 0.315 e. The predicted molar refractivity (Wildman–Crippen MR) is 66.3 cm³/mol. The molecule has 0 aromatic carbocycles. The van der Waals surface area contributed by atoms with E-state index in [1.54, 1.807) is 11.3 Å². The van der Waals surface area contributed by atoms with Gasteiger partial charge in [0, 0.05) is 24.5 Å². The van der Waals surface area contributed by atoms with Crippen LogP contribution in [0, 0.1) is 6.92 Å². The fourth-order valence-electron chi connectivity index (χ4n) is 1.34. The van der Waals surface area contributed by atoms with E-state index in [0.29, 0.717) is 6.04 Å². The van der Waals surface area contributed by atoms with Crippen LogP contribution < -0.4 is 10.6 Å². The van der Waals surface area contributed by atoms with Gasteiger partial charge in [0.1, 0.15) is 0 Å². The van der Waals surface area contributed by atoms with Crippen molar-refractivity contribution in [1.82, 2.24) is 15.6 Å². The van der Waals surface area contributed by atoms with Gasteiger partial charge in [-0.2, -0.15) is 0 Å². The number of aryl methyl sites for hydroxylation is 1. The number of nitrogens with one attached hydrogen (secondary N) is 2. The topological polar surface area (TPSA) is 37.0 Å². The smallest absolute Gasteiger partial charge is 0.0897 e. The summed E-state index contributed by atoms with van der Waals surface area (Å²) in [5.74, 6) is 0. The molecule has 86 valence electrons. The maximum absolute atomic E-state index is 4.41. The second kappa shape index (κ2) is 6.93. The maximum Gasteiger partial charge on any atom is 0.0897 e. The van der Waals surface area contributed by atoms with Gasteiger partial charge in [0.05, 0.1) is 10.7 Å². The fourth-order valence-corrected chi connectivity index (χ4v) is 1.95. The second-order valence-electron chi connectivity index (χ2n) is 3.84. The molecule has 0 aliphatic heterocycles. The summed E-state index contributed by atoms with van der Waals surface area (Å²) in [6.07, 6.45) is 1.19. The van der Waals surface area contributed by atoms with Crippen molar-refractivity contribution < 1.29 is 0 Å². The first-order valence-electron chi connectivity index (χ1n) is 5.57. The molecule has 0 radical (unpaired) electrons. The van der Waals surface area contributed by atoms with E-state index in [1.165, 1.54) is 6.42 Å². The van der Waals surface area contributed by atoms with Crippen molar-refractivity contribution in [2.75, 3.05) is 13.1 Å². The van der Waals surface area contributed by atoms with Gasteiger partial charge in [-0.1, -0.05) is 6.92 Å². The molecule has 0 aliphatic rings. The third kappa shape index (κ3) is 5.25. The summed E-state index contributed by atoms with van der Waals surface area (Å²) < 4.78 is 0. The van der Waals surface area contributed by atoms with Crippen molar-refractivity contribution in [1.29, 1.82) is 0 Å². The van der Waals surface area contributed by atoms with Crippen molar-refractivity contribution >= 4 is 11.3 Å². The molecule has 0 saturated heterocycles. The summed E-state index contributed by atoms with van der Waals surface area (Å²) in [6, 6.07) is 0.499. The lowest BCUT2D eigenvalue weighted by Gasteiger charge is -2.13. The molecule has 2 N–H and O–H groups in total. The molecule has 3 nitrogen and oxygen atoms in total. The number of hydrogen-bond donors (Lipinski definition) is 2. The van der Waals surface area contributed by atoms with Gasteiger partial charge in [-0.25, -0.2) is 4.98 Å². The Morgan fingerprint density at radius 2 is 2.33 bits per heavy atom. The van der Waals surface area contributed by atoms with E-state index in [0.717, 1.165) is 30.3 Å². The lowest BCUT2D eigenvalue weighted by Crippen LogP contribution is -2.36. The second-order valence-corrected chi connectivity index (χ2v) is 4.91. The number of nitrogens with zero attached hydrogens (tertiary/aromatic N) is 1. The van der Waals surface area contributed by atoms with Gasteiger partial charge in [-0.05, 0) is 26.8 Å². The standard InChI is InChI=1S/C11H21N3S/c1-4-5-12-6-9(2)13-7-11-8-15-10(3)14-11/h8-9,12-13H,4-7H2,1-3H3. The zero-order valence-corrected chi connectivity index (χ0v) is 10.7. The normalized spacial score (nSPS) is 13.0. The maximum atomic E-state index is 4.41. The Morgan fingerprint density at radius 3 is 2.93 bits per heavy atom. The van der Waals surface area contributed by atoms with Crippen LogP contribution in [0.3, 0.4) is 0 Å². The molecule has 0 fully saturated rings. The number of hydrogen-bond acceptors (Lipinski definition) is 4. The van der Waals surface area contributed by atoms with Crippen LogP contribution in [0.1, 0.15) is 31.0 Å². The van der Waals surface area contributed by atoms with Crippen molar-refractivity contribution in [3.8, 4) is 0 Å². The Bertz CT molecular complexity index is 273. The lowest BCUT2D eigenvalue weighted by atomic mass is 10.3. The summed E-state index contributed by atoms with van der Waals surface area (Å²) in [5.41, 5.74) is 1.15. The van der Waals surface area contributed by atoms with Gasteiger partial charge in [0.25, 0.3) is 0 Å². The van der Waals surface area contributed by atoms with E-state index in [9.17, 15) is 0 Å². The zero-order valence-electron chi connectivity index (χ0n) is 9.84. The average molecular weight is 227 g/mol. The fraction of sp³-hybridized carbons (Fsp3) is 0.727. The van der Waals surface area contributed by atoms with Gasteiger partial charge in [0.2, 0.25) is 0 Å². The van der Waals surface area contributed by atoms with Crippen LogP contribution in [0.25, 0.3) is 0 Å². The van der Waals surface area contributed by atoms with Gasteiger partial charge < -0.3 is 10.6 Å². The van der Waals surface area contributed by atoms with Crippen LogP contribution in [0.4, 0.5) is 0 Å². The molecular weight excluding hydrogens is 206 g/mol. The van der Waals surface area contributed by atoms with Crippen molar-refractivity contribution in [3.05, 3.63) is 16.1 Å². The molecule has 0 spiro atoms. The summed E-state index contributed by atoms with van der Waals surface area (Å²) in [4.78, 5) is 4.41. The predicted octanol–water partition coefficient (Wildman–Crippen LogP) is 1.93. The molecular formula is C11H21N3S. The first-order valence-corrected chi connectivity index (χ1v) is 6.45. The molecule has 1 atom stereocenters. The van der Waals surface area contributed by atoms with Crippen LogP contribution in [0.2, 0.25) is 0 Å². The summed E-state index contributed by atoms with van der Waals surface area (Å²) in [5, 5.41) is 10.1. The Kier molecular flexibility index (Phi) is 5.83. The first-order chi connectivity index (χ1) is 7.22. The lowest BCUT2D eigenvalue weighted by molar-refractivity contribution is 0.498. The molecule has 0 aliphatic carbocycles. The van der Waals surface area contributed by atoms with Crippen LogP contribution in [0.15, 0.2) is 5.38 Å².